The molecule has 0 saturated carbocycles. The topological polar surface area (TPSA) is 49.9 Å². The van der Waals surface area contributed by atoms with Crippen molar-refractivity contribution in [3.05, 3.63) is 53.6 Å². The fraction of sp³-hybridized carbons (Fsp3) is 0.368. The number of anilines is 1. The molecule has 0 aliphatic carbocycles. The highest BCUT2D eigenvalue weighted by Crippen LogP contribution is 2.30. The lowest BCUT2D eigenvalue weighted by Gasteiger charge is -2.35. The van der Waals surface area contributed by atoms with E-state index in [2.05, 4.69) is 17.0 Å². The number of hydrogen-bond acceptors (Lipinski definition) is 4. The molecule has 2 aromatic carbocycles. The fourth-order valence-corrected chi connectivity index (χ4v) is 4.73. The third-order valence-corrected chi connectivity index (χ3v) is 6.68. The van der Waals surface area contributed by atoms with E-state index in [0.29, 0.717) is 31.9 Å². The minimum atomic E-state index is -3.57. The predicted octanol–water partition coefficient (Wildman–Crippen LogP) is 2.82. The summed E-state index contributed by atoms with van der Waals surface area (Å²) in [4.78, 5) is 2.47. The van der Waals surface area contributed by atoms with Gasteiger partial charge in [0.1, 0.15) is 10.6 Å². The van der Waals surface area contributed by atoms with Crippen LogP contribution in [0, 0.1) is 13.8 Å². The largest absolute Gasteiger partial charge is 0.495 e. The van der Waals surface area contributed by atoms with Crippen LogP contribution in [0.15, 0.2) is 47.4 Å². The van der Waals surface area contributed by atoms with Crippen molar-refractivity contribution in [1.29, 1.82) is 0 Å². The summed E-state index contributed by atoms with van der Waals surface area (Å²) < 4.78 is 33.1. The Bertz CT molecular complexity index is 842. The van der Waals surface area contributed by atoms with Gasteiger partial charge in [0.05, 0.1) is 7.11 Å². The van der Waals surface area contributed by atoms with E-state index < -0.39 is 10.0 Å². The fourth-order valence-electron chi connectivity index (χ4n) is 3.09. The molecular formula is C19H24N2O3S. The van der Waals surface area contributed by atoms with E-state index in [1.54, 1.807) is 16.4 Å². The van der Waals surface area contributed by atoms with Crippen LogP contribution in [0.4, 0.5) is 5.69 Å². The van der Waals surface area contributed by atoms with Crippen LogP contribution in [0.3, 0.4) is 0 Å². The first kappa shape index (κ1) is 17.8. The number of benzene rings is 2. The van der Waals surface area contributed by atoms with Gasteiger partial charge in [0.25, 0.3) is 0 Å². The second kappa shape index (κ2) is 7.06. The van der Waals surface area contributed by atoms with E-state index in [-0.39, 0.29) is 4.90 Å². The van der Waals surface area contributed by atoms with Gasteiger partial charge in [-0.3, -0.25) is 0 Å². The van der Waals surface area contributed by atoms with Crippen LogP contribution in [-0.4, -0.2) is 46.0 Å². The highest BCUT2D eigenvalue weighted by Gasteiger charge is 2.31. The Hall–Kier alpha value is -2.05. The van der Waals surface area contributed by atoms with Gasteiger partial charge in [-0.1, -0.05) is 18.2 Å². The third kappa shape index (κ3) is 3.50. The molecule has 134 valence electrons. The molecule has 0 spiro atoms. The molecule has 5 nitrogen and oxygen atoms in total. The number of ether oxygens (including phenoxy) is 1. The second-order valence-electron chi connectivity index (χ2n) is 6.31. The van der Waals surface area contributed by atoms with Gasteiger partial charge in [0.15, 0.2) is 0 Å². The number of aryl methyl sites for hydroxylation is 2. The quantitative estimate of drug-likeness (QED) is 0.841. The molecule has 0 atom stereocenters. The van der Waals surface area contributed by atoms with E-state index in [0.717, 1.165) is 16.8 Å². The first-order valence-electron chi connectivity index (χ1n) is 8.39. The van der Waals surface area contributed by atoms with Gasteiger partial charge in [-0.05, 0) is 49.2 Å². The molecule has 3 rings (SSSR count). The van der Waals surface area contributed by atoms with Gasteiger partial charge in [0.2, 0.25) is 10.0 Å². The van der Waals surface area contributed by atoms with E-state index in [9.17, 15) is 8.42 Å². The summed E-state index contributed by atoms with van der Waals surface area (Å²) in [6.07, 6.45) is 0. The van der Waals surface area contributed by atoms with Gasteiger partial charge in [-0.15, -0.1) is 0 Å². The molecule has 1 heterocycles. The summed E-state index contributed by atoms with van der Waals surface area (Å²) in [7, 11) is -2.06. The molecule has 0 radical (unpaired) electrons. The molecule has 1 aliphatic rings. The van der Waals surface area contributed by atoms with Crippen molar-refractivity contribution >= 4 is 15.7 Å². The molecule has 1 saturated heterocycles. The Kier molecular flexibility index (Phi) is 5.01. The molecule has 0 N–H and O–H groups in total. The third-order valence-electron chi connectivity index (χ3n) is 4.76. The number of para-hydroxylation sites is 1. The molecule has 6 heteroatoms. The number of rotatable bonds is 4. The smallest absolute Gasteiger partial charge is 0.246 e. The van der Waals surface area contributed by atoms with Crippen molar-refractivity contribution in [3.63, 3.8) is 0 Å². The molecule has 25 heavy (non-hydrogen) atoms. The van der Waals surface area contributed by atoms with E-state index >= 15 is 0 Å². The van der Waals surface area contributed by atoms with Crippen molar-refractivity contribution in [2.45, 2.75) is 18.7 Å². The predicted molar refractivity (Wildman–Crippen MR) is 99.9 cm³/mol. The molecular weight excluding hydrogens is 336 g/mol. The zero-order valence-corrected chi connectivity index (χ0v) is 15.7. The van der Waals surface area contributed by atoms with Crippen LogP contribution in [0.25, 0.3) is 0 Å². The van der Waals surface area contributed by atoms with Crippen molar-refractivity contribution < 1.29 is 13.2 Å². The Morgan fingerprint density at radius 3 is 2.12 bits per heavy atom. The number of methoxy groups -OCH3 is 1. The number of piperazine rings is 1. The lowest BCUT2D eigenvalue weighted by Crippen LogP contribution is -2.48. The standard InChI is InChI=1S/C19H24N2O3S/c1-15-13-18(24-3)19(14-16(15)2)25(22,23)21-11-9-20(10-12-21)17-7-5-4-6-8-17/h4-8,13-14H,9-12H2,1-3H3. The van der Waals surface area contributed by atoms with E-state index in [1.165, 1.54) is 7.11 Å². The first-order valence-corrected chi connectivity index (χ1v) is 9.83. The lowest BCUT2D eigenvalue weighted by atomic mass is 10.1. The first-order chi connectivity index (χ1) is 11.9. The van der Waals surface area contributed by atoms with E-state index in [4.69, 9.17) is 4.74 Å². The molecule has 0 aromatic heterocycles. The van der Waals surface area contributed by atoms with Crippen LogP contribution in [0.2, 0.25) is 0 Å². The average molecular weight is 360 g/mol. The van der Waals surface area contributed by atoms with E-state index in [1.807, 2.05) is 32.0 Å². The minimum Gasteiger partial charge on any atom is -0.495 e. The maximum absolute atomic E-state index is 13.1. The summed E-state index contributed by atoms with van der Waals surface area (Å²) >= 11 is 0. The Morgan fingerprint density at radius 1 is 0.920 bits per heavy atom. The molecule has 0 bridgehead atoms. The zero-order chi connectivity index (χ0) is 18.0. The molecule has 1 aliphatic heterocycles. The van der Waals surface area contributed by atoms with Crippen molar-refractivity contribution in [3.8, 4) is 5.75 Å². The highest BCUT2D eigenvalue weighted by molar-refractivity contribution is 7.89. The van der Waals surface area contributed by atoms with Crippen LogP contribution in [0.5, 0.6) is 5.75 Å². The maximum Gasteiger partial charge on any atom is 0.246 e. The molecule has 0 unspecified atom stereocenters. The van der Waals surface area contributed by atoms with Crippen LogP contribution in [-0.2, 0) is 10.0 Å². The van der Waals surface area contributed by atoms with Crippen LogP contribution in [0.1, 0.15) is 11.1 Å². The summed E-state index contributed by atoms with van der Waals surface area (Å²) in [5, 5.41) is 0. The molecule has 0 amide bonds. The SMILES string of the molecule is COc1cc(C)c(C)cc1S(=O)(=O)N1CCN(c2ccccc2)CC1. The molecule has 1 fully saturated rings. The minimum absolute atomic E-state index is 0.256. The van der Waals surface area contributed by atoms with Gasteiger partial charge in [0, 0.05) is 31.9 Å². The van der Waals surface area contributed by atoms with Crippen molar-refractivity contribution in [1.82, 2.24) is 4.31 Å². The van der Waals surface area contributed by atoms with Gasteiger partial charge in [-0.2, -0.15) is 4.31 Å². The van der Waals surface area contributed by atoms with Crippen molar-refractivity contribution in [2.24, 2.45) is 0 Å². The second-order valence-corrected chi connectivity index (χ2v) is 8.22. The summed E-state index contributed by atoms with van der Waals surface area (Å²) in [6, 6.07) is 13.6. The monoisotopic (exact) mass is 360 g/mol. The van der Waals surface area contributed by atoms with Gasteiger partial charge in [-0.25, -0.2) is 8.42 Å². The summed E-state index contributed by atoms with van der Waals surface area (Å²) in [5.74, 6) is 0.411. The average Bonchev–Trinajstić information content (AvgIpc) is 2.64. The molecule has 2 aromatic rings. The van der Waals surface area contributed by atoms with Gasteiger partial charge >= 0.3 is 0 Å². The van der Waals surface area contributed by atoms with Gasteiger partial charge < -0.3 is 9.64 Å². The lowest BCUT2D eigenvalue weighted by molar-refractivity contribution is 0.374. The van der Waals surface area contributed by atoms with Crippen LogP contribution < -0.4 is 9.64 Å². The van der Waals surface area contributed by atoms with Crippen molar-refractivity contribution in [2.75, 3.05) is 38.2 Å². The number of hydrogen-bond donors (Lipinski definition) is 0. The normalized spacial score (nSPS) is 16.0. The number of nitrogens with zero attached hydrogens (tertiary/aromatic N) is 2. The Morgan fingerprint density at radius 2 is 1.52 bits per heavy atom. The van der Waals surface area contributed by atoms with Crippen LogP contribution >= 0.6 is 0 Å². The maximum atomic E-state index is 13.1. The number of sulfonamides is 1. The Labute approximate surface area is 149 Å². The summed E-state index contributed by atoms with van der Waals surface area (Å²) in [6.45, 7) is 6.15. The zero-order valence-electron chi connectivity index (χ0n) is 14.9. The summed E-state index contributed by atoms with van der Waals surface area (Å²) in [5.41, 5.74) is 3.09. The Balaban J connectivity index is 1.82. The highest BCUT2D eigenvalue weighted by atomic mass is 32.2.